The molecule has 0 amide bonds. The average molecular weight is 562 g/mol. The van der Waals surface area contributed by atoms with Gasteiger partial charge in [0.1, 0.15) is 5.52 Å². The number of benzene rings is 5. The molecular weight excluding hydrogens is 543 g/mol. The molecule has 7 aromatic rings. The fraction of sp³-hybridized carbons (Fsp3) is 0. The summed E-state index contributed by atoms with van der Waals surface area (Å²) in [5.41, 5.74) is 8.64. The van der Waals surface area contributed by atoms with Crippen molar-refractivity contribution in [1.82, 2.24) is 9.55 Å². The van der Waals surface area contributed by atoms with E-state index >= 15 is 0 Å². The van der Waals surface area contributed by atoms with E-state index in [1.54, 1.807) is 0 Å². The number of para-hydroxylation sites is 3. The first-order chi connectivity index (χ1) is 17.3. The van der Waals surface area contributed by atoms with Gasteiger partial charge in [0.2, 0.25) is 5.89 Å². The second-order valence-electron chi connectivity index (χ2n) is 8.60. The van der Waals surface area contributed by atoms with E-state index in [1.807, 2.05) is 18.2 Å². The fourth-order valence-electron chi connectivity index (χ4n) is 4.85. The van der Waals surface area contributed by atoms with E-state index in [1.165, 1.54) is 33.1 Å². The number of halogens is 1. The van der Waals surface area contributed by atoms with Crippen molar-refractivity contribution in [2.24, 2.45) is 0 Å². The summed E-state index contributed by atoms with van der Waals surface area (Å²) < 4.78 is 9.47. The SMILES string of the molecule is Ic1cccc2nc(-c3ccc(-c4ccc5c(c4)c4ccccc4n5-c4ccccc4)cc3)oc12. The molecule has 0 spiro atoms. The van der Waals surface area contributed by atoms with Gasteiger partial charge >= 0.3 is 0 Å². The third kappa shape index (κ3) is 3.36. The lowest BCUT2D eigenvalue weighted by Gasteiger charge is -2.08. The normalized spacial score (nSPS) is 11.6. The Morgan fingerprint density at radius 3 is 2.14 bits per heavy atom. The number of rotatable bonds is 3. The monoisotopic (exact) mass is 562 g/mol. The van der Waals surface area contributed by atoms with Crippen LogP contribution in [0.4, 0.5) is 0 Å². The number of nitrogens with zero attached hydrogens (tertiary/aromatic N) is 2. The highest BCUT2D eigenvalue weighted by Crippen LogP contribution is 2.35. The van der Waals surface area contributed by atoms with Gasteiger partial charge in [-0.15, -0.1) is 0 Å². The van der Waals surface area contributed by atoms with E-state index in [4.69, 9.17) is 4.42 Å². The molecule has 4 heteroatoms. The molecule has 0 N–H and O–H groups in total. The van der Waals surface area contributed by atoms with Gasteiger partial charge in [0, 0.05) is 22.0 Å². The molecule has 0 bridgehead atoms. The van der Waals surface area contributed by atoms with Crippen molar-refractivity contribution in [2.75, 3.05) is 0 Å². The van der Waals surface area contributed by atoms with Crippen molar-refractivity contribution in [3.8, 4) is 28.3 Å². The summed E-state index contributed by atoms with van der Waals surface area (Å²) in [7, 11) is 0. The molecule has 0 aliphatic carbocycles. The minimum atomic E-state index is 0.650. The van der Waals surface area contributed by atoms with Crippen molar-refractivity contribution in [2.45, 2.75) is 0 Å². The molecule has 2 aromatic heterocycles. The third-order valence-corrected chi connectivity index (χ3v) is 7.37. The van der Waals surface area contributed by atoms with Crippen LogP contribution in [0.3, 0.4) is 0 Å². The Morgan fingerprint density at radius 2 is 1.31 bits per heavy atom. The van der Waals surface area contributed by atoms with Crippen molar-refractivity contribution < 1.29 is 4.42 Å². The highest BCUT2D eigenvalue weighted by molar-refractivity contribution is 14.1. The van der Waals surface area contributed by atoms with Crippen LogP contribution in [0.1, 0.15) is 0 Å². The van der Waals surface area contributed by atoms with Crippen LogP contribution in [0.15, 0.2) is 120 Å². The van der Waals surface area contributed by atoms with Gasteiger partial charge in [-0.25, -0.2) is 4.98 Å². The van der Waals surface area contributed by atoms with Gasteiger partial charge in [-0.05, 0) is 88.3 Å². The lowest BCUT2D eigenvalue weighted by atomic mass is 10.0. The molecule has 0 aliphatic heterocycles. The van der Waals surface area contributed by atoms with Gasteiger partial charge < -0.3 is 8.98 Å². The summed E-state index contributed by atoms with van der Waals surface area (Å²) in [6.45, 7) is 0. The highest BCUT2D eigenvalue weighted by atomic mass is 127. The van der Waals surface area contributed by atoms with Gasteiger partial charge in [0.15, 0.2) is 5.58 Å². The number of oxazole rings is 1. The molecule has 0 fully saturated rings. The second kappa shape index (κ2) is 8.10. The topological polar surface area (TPSA) is 31.0 Å². The quantitative estimate of drug-likeness (QED) is 0.202. The highest BCUT2D eigenvalue weighted by Gasteiger charge is 2.14. The number of hydrogen-bond donors (Lipinski definition) is 0. The van der Waals surface area contributed by atoms with E-state index in [0.717, 1.165) is 25.8 Å². The minimum absolute atomic E-state index is 0.650. The smallest absolute Gasteiger partial charge is 0.227 e. The Labute approximate surface area is 215 Å². The van der Waals surface area contributed by atoms with Crippen LogP contribution < -0.4 is 0 Å². The van der Waals surface area contributed by atoms with Crippen molar-refractivity contribution in [3.63, 3.8) is 0 Å². The number of hydrogen-bond acceptors (Lipinski definition) is 2. The molecule has 5 aromatic carbocycles. The van der Waals surface area contributed by atoms with Crippen LogP contribution in [0.25, 0.3) is 61.2 Å². The molecule has 0 radical (unpaired) electrons. The van der Waals surface area contributed by atoms with E-state index in [9.17, 15) is 0 Å². The van der Waals surface area contributed by atoms with Crippen LogP contribution in [0, 0.1) is 3.57 Å². The molecule has 7 rings (SSSR count). The maximum Gasteiger partial charge on any atom is 0.227 e. The zero-order valence-corrected chi connectivity index (χ0v) is 20.8. The van der Waals surface area contributed by atoms with E-state index in [0.29, 0.717) is 5.89 Å². The molecule has 0 saturated carbocycles. The summed E-state index contributed by atoms with van der Waals surface area (Å²) in [5, 5.41) is 2.51. The summed E-state index contributed by atoms with van der Waals surface area (Å²) in [4.78, 5) is 4.68. The Bertz CT molecular complexity index is 1850. The van der Waals surface area contributed by atoms with Gasteiger partial charge in [-0.3, -0.25) is 0 Å². The third-order valence-electron chi connectivity index (χ3n) is 6.52. The molecule has 0 atom stereocenters. The Hall–Kier alpha value is -3.90. The van der Waals surface area contributed by atoms with Crippen LogP contribution in [0.5, 0.6) is 0 Å². The van der Waals surface area contributed by atoms with Crippen molar-refractivity contribution >= 4 is 55.5 Å². The molecule has 166 valence electrons. The zero-order chi connectivity index (χ0) is 23.4. The molecule has 3 nitrogen and oxygen atoms in total. The summed E-state index contributed by atoms with van der Waals surface area (Å²) in [6, 6.07) is 40.4. The minimum Gasteiger partial charge on any atom is -0.435 e. The Balaban J connectivity index is 1.33. The Kier molecular flexibility index (Phi) is 4.74. The Morgan fingerprint density at radius 1 is 0.600 bits per heavy atom. The van der Waals surface area contributed by atoms with Crippen LogP contribution in [0.2, 0.25) is 0 Å². The van der Waals surface area contributed by atoms with Crippen LogP contribution >= 0.6 is 22.6 Å². The summed E-state index contributed by atoms with van der Waals surface area (Å²) in [6.07, 6.45) is 0. The number of fused-ring (bicyclic) bond motifs is 4. The lowest BCUT2D eigenvalue weighted by molar-refractivity contribution is 0.618. The van der Waals surface area contributed by atoms with Gasteiger partial charge in [-0.2, -0.15) is 0 Å². The predicted molar refractivity (Wildman–Crippen MR) is 152 cm³/mol. The standard InChI is InChI=1S/C31H19IN2O/c32-26-10-6-11-27-30(26)35-31(33-27)21-15-13-20(14-16-21)22-17-18-29-25(19-22)24-9-4-5-12-28(24)34(29)23-7-2-1-3-8-23/h1-19H. The average Bonchev–Trinajstić information content (AvgIpc) is 3.50. The second-order valence-corrected chi connectivity index (χ2v) is 9.77. The van der Waals surface area contributed by atoms with Gasteiger partial charge in [-0.1, -0.05) is 60.7 Å². The van der Waals surface area contributed by atoms with Crippen LogP contribution in [-0.2, 0) is 0 Å². The largest absolute Gasteiger partial charge is 0.435 e. The summed E-state index contributed by atoms with van der Waals surface area (Å²) >= 11 is 2.29. The lowest BCUT2D eigenvalue weighted by Crippen LogP contribution is -1.92. The summed E-state index contributed by atoms with van der Waals surface area (Å²) in [5.74, 6) is 0.650. The first-order valence-electron chi connectivity index (χ1n) is 11.5. The molecule has 35 heavy (non-hydrogen) atoms. The van der Waals surface area contributed by atoms with E-state index in [2.05, 4.69) is 129 Å². The first kappa shape index (κ1) is 20.5. The molecule has 0 unspecified atom stereocenters. The maximum atomic E-state index is 6.06. The molecule has 0 saturated heterocycles. The zero-order valence-electron chi connectivity index (χ0n) is 18.7. The predicted octanol–water partition coefficient (Wildman–Crippen LogP) is 8.86. The maximum absolute atomic E-state index is 6.06. The van der Waals surface area contributed by atoms with E-state index < -0.39 is 0 Å². The fourth-order valence-corrected chi connectivity index (χ4v) is 5.45. The molecule has 0 aliphatic rings. The van der Waals surface area contributed by atoms with Crippen molar-refractivity contribution in [3.05, 3.63) is 119 Å². The first-order valence-corrected chi connectivity index (χ1v) is 12.6. The van der Waals surface area contributed by atoms with E-state index in [-0.39, 0.29) is 0 Å². The van der Waals surface area contributed by atoms with Gasteiger partial charge in [0.05, 0.1) is 14.6 Å². The molecular formula is C31H19IN2O. The molecule has 2 heterocycles. The van der Waals surface area contributed by atoms with Gasteiger partial charge in [0.25, 0.3) is 0 Å². The van der Waals surface area contributed by atoms with Crippen LogP contribution in [-0.4, -0.2) is 9.55 Å². The number of aromatic nitrogens is 2. The van der Waals surface area contributed by atoms with Crippen molar-refractivity contribution in [1.29, 1.82) is 0 Å².